The largest absolute Gasteiger partial charge is 0.481 e. The van der Waals surface area contributed by atoms with Crippen molar-refractivity contribution in [1.29, 1.82) is 0 Å². The highest BCUT2D eigenvalue weighted by atomic mass is 19.4. The van der Waals surface area contributed by atoms with E-state index in [2.05, 4.69) is 21.8 Å². The number of ether oxygens (including phenoxy) is 1. The van der Waals surface area contributed by atoms with Crippen molar-refractivity contribution in [1.82, 2.24) is 14.9 Å². The predicted molar refractivity (Wildman–Crippen MR) is 91.8 cm³/mol. The second-order valence-electron chi connectivity index (χ2n) is 6.64. The van der Waals surface area contributed by atoms with E-state index in [0.717, 1.165) is 25.2 Å². The molecule has 26 heavy (non-hydrogen) atoms. The first-order chi connectivity index (χ1) is 12.4. The minimum Gasteiger partial charge on any atom is -0.481 e. The van der Waals surface area contributed by atoms with Gasteiger partial charge >= 0.3 is 6.18 Å². The summed E-state index contributed by atoms with van der Waals surface area (Å²) in [5.74, 6) is 0.739. The summed E-state index contributed by atoms with van der Waals surface area (Å²) in [7, 11) is 1.58. The Balaban J connectivity index is 1.68. The van der Waals surface area contributed by atoms with E-state index >= 15 is 0 Å². The van der Waals surface area contributed by atoms with Crippen LogP contribution < -0.4 is 4.74 Å². The van der Waals surface area contributed by atoms with Crippen molar-refractivity contribution in [3.8, 4) is 5.88 Å². The Hall–Kier alpha value is -2.15. The summed E-state index contributed by atoms with van der Waals surface area (Å²) in [5.41, 5.74) is 0.419. The van der Waals surface area contributed by atoms with Gasteiger partial charge in [-0.3, -0.25) is 9.88 Å². The Morgan fingerprint density at radius 3 is 2.81 bits per heavy atom. The van der Waals surface area contributed by atoms with Crippen LogP contribution in [0.4, 0.5) is 13.2 Å². The minimum absolute atomic E-state index is 0.0890. The molecular weight excluding hydrogens is 343 g/mol. The van der Waals surface area contributed by atoms with Gasteiger partial charge in [0.25, 0.3) is 0 Å². The Labute approximate surface area is 151 Å². The molecule has 0 aromatic carbocycles. The summed E-state index contributed by atoms with van der Waals surface area (Å²) in [5, 5.41) is 0. The number of hydrogen-bond acceptors (Lipinski definition) is 4. The van der Waals surface area contributed by atoms with Crippen molar-refractivity contribution < 1.29 is 17.9 Å². The van der Waals surface area contributed by atoms with Crippen LogP contribution in [0, 0.1) is 5.92 Å². The molecule has 0 aliphatic carbocycles. The molecule has 1 unspecified atom stereocenters. The van der Waals surface area contributed by atoms with E-state index in [1.54, 1.807) is 19.2 Å². The number of halogens is 3. The van der Waals surface area contributed by atoms with Gasteiger partial charge < -0.3 is 4.74 Å². The Morgan fingerprint density at radius 2 is 2.08 bits per heavy atom. The van der Waals surface area contributed by atoms with Gasteiger partial charge in [-0.15, -0.1) is 0 Å². The average Bonchev–Trinajstić information content (AvgIpc) is 3.09. The first kappa shape index (κ1) is 18.6. The first-order valence-corrected chi connectivity index (χ1v) is 8.64. The van der Waals surface area contributed by atoms with Crippen LogP contribution in [0.3, 0.4) is 0 Å². The van der Waals surface area contributed by atoms with E-state index in [9.17, 15) is 13.2 Å². The number of aromatic nitrogens is 2. The lowest BCUT2D eigenvalue weighted by Crippen LogP contribution is -2.26. The Kier molecular flexibility index (Phi) is 5.46. The van der Waals surface area contributed by atoms with Gasteiger partial charge in [0, 0.05) is 24.8 Å². The average molecular weight is 365 g/mol. The topological polar surface area (TPSA) is 38.2 Å². The second kappa shape index (κ2) is 7.61. The van der Waals surface area contributed by atoms with Crippen LogP contribution >= 0.6 is 0 Å². The molecule has 0 N–H and O–H groups in total. The van der Waals surface area contributed by atoms with Crippen molar-refractivity contribution in [3.63, 3.8) is 0 Å². The van der Waals surface area contributed by atoms with Crippen LogP contribution in [0.5, 0.6) is 5.88 Å². The smallest absolute Gasteiger partial charge is 0.433 e. The van der Waals surface area contributed by atoms with Crippen molar-refractivity contribution in [2.75, 3.05) is 20.2 Å². The second-order valence-corrected chi connectivity index (χ2v) is 6.64. The zero-order valence-corrected chi connectivity index (χ0v) is 14.8. The third-order valence-electron chi connectivity index (χ3n) is 4.92. The standard InChI is InChI=1S/C19H22F3N3O/c1-13(16-6-3-7-17(24-16)26-2)25-10-8-14(12-25)11-15-5-4-9-23-18(15)19(20,21)22/h3-7,9,13-14H,8,10-12H2,1-2H3/t13?,14-/m1/s1. The quantitative estimate of drug-likeness (QED) is 0.799. The molecular formula is C19H22F3N3O. The molecule has 0 amide bonds. The van der Waals surface area contributed by atoms with Crippen LogP contribution in [0.2, 0.25) is 0 Å². The van der Waals surface area contributed by atoms with E-state index in [4.69, 9.17) is 4.74 Å². The van der Waals surface area contributed by atoms with Crippen LogP contribution in [0.15, 0.2) is 36.5 Å². The molecule has 1 aliphatic heterocycles. The van der Waals surface area contributed by atoms with Gasteiger partial charge in [-0.25, -0.2) is 4.98 Å². The van der Waals surface area contributed by atoms with Gasteiger partial charge in [-0.1, -0.05) is 12.1 Å². The van der Waals surface area contributed by atoms with Crippen LogP contribution in [0.1, 0.15) is 36.3 Å². The lowest BCUT2D eigenvalue weighted by atomic mass is 9.97. The third-order valence-corrected chi connectivity index (χ3v) is 4.92. The molecule has 0 spiro atoms. The molecule has 1 aliphatic rings. The van der Waals surface area contributed by atoms with Crippen LogP contribution in [-0.4, -0.2) is 35.1 Å². The maximum absolute atomic E-state index is 13.1. The van der Waals surface area contributed by atoms with E-state index in [1.807, 2.05) is 12.1 Å². The molecule has 7 heteroatoms. The number of nitrogens with zero attached hydrogens (tertiary/aromatic N) is 3. The maximum atomic E-state index is 13.1. The molecule has 0 saturated carbocycles. The van der Waals surface area contributed by atoms with Crippen molar-refractivity contribution in [2.45, 2.75) is 32.0 Å². The van der Waals surface area contributed by atoms with Crippen molar-refractivity contribution >= 4 is 0 Å². The van der Waals surface area contributed by atoms with Gasteiger partial charge in [0.05, 0.1) is 12.8 Å². The molecule has 4 nitrogen and oxygen atoms in total. The number of hydrogen-bond donors (Lipinski definition) is 0. The number of methoxy groups -OCH3 is 1. The van der Waals surface area contributed by atoms with E-state index in [-0.39, 0.29) is 17.5 Å². The Morgan fingerprint density at radius 1 is 1.27 bits per heavy atom. The van der Waals surface area contributed by atoms with E-state index < -0.39 is 11.9 Å². The summed E-state index contributed by atoms with van der Waals surface area (Å²) >= 11 is 0. The van der Waals surface area contributed by atoms with Gasteiger partial charge in [-0.05, 0) is 49.9 Å². The maximum Gasteiger partial charge on any atom is 0.433 e. The van der Waals surface area contributed by atoms with Crippen LogP contribution in [0.25, 0.3) is 0 Å². The summed E-state index contributed by atoms with van der Waals surface area (Å²) in [6, 6.07) is 8.83. The molecule has 140 valence electrons. The molecule has 0 bridgehead atoms. The molecule has 2 aromatic rings. The highest BCUT2D eigenvalue weighted by Gasteiger charge is 2.36. The molecule has 2 atom stereocenters. The fourth-order valence-electron chi connectivity index (χ4n) is 3.51. The first-order valence-electron chi connectivity index (χ1n) is 8.64. The molecule has 1 fully saturated rings. The zero-order chi connectivity index (χ0) is 18.7. The lowest BCUT2D eigenvalue weighted by molar-refractivity contribution is -0.141. The lowest BCUT2D eigenvalue weighted by Gasteiger charge is -2.24. The van der Waals surface area contributed by atoms with Gasteiger partial charge in [-0.2, -0.15) is 13.2 Å². The molecule has 3 heterocycles. The van der Waals surface area contributed by atoms with Gasteiger partial charge in [0.15, 0.2) is 0 Å². The van der Waals surface area contributed by atoms with Crippen molar-refractivity contribution in [2.24, 2.45) is 5.92 Å². The third kappa shape index (κ3) is 4.15. The highest BCUT2D eigenvalue weighted by molar-refractivity contribution is 5.23. The number of rotatable bonds is 5. The van der Waals surface area contributed by atoms with E-state index in [1.165, 1.54) is 12.3 Å². The van der Waals surface area contributed by atoms with Gasteiger partial charge in [0.1, 0.15) is 5.69 Å². The highest BCUT2D eigenvalue weighted by Crippen LogP contribution is 2.34. The normalized spacial score (nSPS) is 19.5. The molecule has 3 rings (SSSR count). The minimum atomic E-state index is -4.41. The molecule has 1 saturated heterocycles. The summed E-state index contributed by atoms with van der Waals surface area (Å²) < 4.78 is 44.6. The molecule has 2 aromatic heterocycles. The van der Waals surface area contributed by atoms with E-state index in [0.29, 0.717) is 12.3 Å². The summed E-state index contributed by atoms with van der Waals surface area (Å²) in [4.78, 5) is 10.3. The fraction of sp³-hybridized carbons (Fsp3) is 0.474. The predicted octanol–water partition coefficient (Wildman–Crippen LogP) is 4.13. The Bertz CT molecular complexity index is 751. The van der Waals surface area contributed by atoms with Crippen LogP contribution in [-0.2, 0) is 12.6 Å². The zero-order valence-electron chi connectivity index (χ0n) is 14.8. The fourth-order valence-corrected chi connectivity index (χ4v) is 3.51. The number of alkyl halides is 3. The monoisotopic (exact) mass is 365 g/mol. The molecule has 0 radical (unpaired) electrons. The number of likely N-dealkylation sites (tertiary alicyclic amines) is 1. The van der Waals surface area contributed by atoms with Gasteiger partial charge in [0.2, 0.25) is 5.88 Å². The number of pyridine rings is 2. The van der Waals surface area contributed by atoms with Crippen molar-refractivity contribution in [3.05, 3.63) is 53.5 Å². The summed E-state index contributed by atoms with van der Waals surface area (Å²) in [6.07, 6.45) is -1.96. The SMILES string of the molecule is COc1cccc(C(C)N2CC[C@H](Cc3cccnc3C(F)(F)F)C2)n1. The summed E-state index contributed by atoms with van der Waals surface area (Å²) in [6.45, 7) is 3.65.